The highest BCUT2D eigenvalue weighted by atomic mass is 32.1. The summed E-state index contributed by atoms with van der Waals surface area (Å²) in [5.41, 5.74) is 25.2. The first kappa shape index (κ1) is 46.3. The molecule has 0 saturated carbocycles. The lowest BCUT2D eigenvalue weighted by atomic mass is 9.36. The summed E-state index contributed by atoms with van der Waals surface area (Å²) >= 11 is 2.09. The van der Waals surface area contributed by atoms with Crippen molar-refractivity contribution in [3.63, 3.8) is 0 Å². The summed E-state index contributed by atoms with van der Waals surface area (Å²) in [5.74, 6) is 0. The van der Waals surface area contributed by atoms with Crippen LogP contribution in [-0.4, -0.2) is 6.71 Å². The van der Waals surface area contributed by atoms with Gasteiger partial charge in [-0.25, -0.2) is 0 Å². The van der Waals surface area contributed by atoms with Crippen LogP contribution in [0.25, 0.3) is 32.0 Å². The van der Waals surface area contributed by atoms with Gasteiger partial charge in [0.1, 0.15) is 5.58 Å². The quantitative estimate of drug-likeness (QED) is 0.165. The zero-order valence-corrected chi connectivity index (χ0v) is 46.8. The van der Waals surface area contributed by atoms with E-state index in [2.05, 4.69) is 254 Å². The van der Waals surface area contributed by atoms with Crippen LogP contribution in [-0.2, 0) is 27.1 Å². The normalized spacial score (nSPS) is 18.7. The molecule has 0 amide bonds. The number of hydrogen-bond donors (Lipinski definition) is 0. The molecule has 0 bridgehead atoms. The van der Waals surface area contributed by atoms with Crippen LogP contribution in [0.4, 0.5) is 51.2 Å². The van der Waals surface area contributed by atoms with E-state index in [0.29, 0.717) is 0 Å². The minimum atomic E-state index is -0.311. The van der Waals surface area contributed by atoms with Gasteiger partial charge in [-0.3, -0.25) is 0 Å². The van der Waals surface area contributed by atoms with Gasteiger partial charge in [0.2, 0.25) is 0 Å². The number of para-hydroxylation sites is 4. The van der Waals surface area contributed by atoms with Crippen LogP contribution in [0.1, 0.15) is 134 Å². The van der Waals surface area contributed by atoms with E-state index in [1.165, 1.54) is 112 Å². The minimum absolute atomic E-state index is 0.0165. The molecule has 2 aromatic heterocycles. The summed E-state index contributed by atoms with van der Waals surface area (Å²) in [6.07, 6.45) is 4.68. The third kappa shape index (κ3) is 6.19. The van der Waals surface area contributed by atoms with Crippen LogP contribution in [0.3, 0.4) is 0 Å². The molecule has 0 N–H and O–H groups in total. The van der Waals surface area contributed by atoms with Crippen molar-refractivity contribution in [3.8, 4) is 0 Å². The molecule has 76 heavy (non-hydrogen) atoms. The predicted molar refractivity (Wildman–Crippen MR) is 325 cm³/mol. The van der Waals surface area contributed by atoms with Gasteiger partial charge in [-0.15, -0.1) is 11.3 Å². The monoisotopic (exact) mass is 1010 g/mol. The number of benzene rings is 8. The molecule has 2 aliphatic carbocycles. The first-order valence-corrected chi connectivity index (χ1v) is 28.7. The van der Waals surface area contributed by atoms with E-state index in [4.69, 9.17) is 4.42 Å². The SMILES string of the molecule is Cc1cc2c3c(c1)N(c1cccc4c1oc1ccccc14)c1cc4c(cc1B3c1sc3c5c(ccc3c1N2c1ccc2c(c1)C(C)(C)CCC2(C)C)C(C)(C)CCC5(C)C)C(C)(C)c1ccccc1N4c1ccccc1. The van der Waals surface area contributed by atoms with Gasteiger partial charge < -0.3 is 19.1 Å². The van der Waals surface area contributed by atoms with Crippen LogP contribution < -0.4 is 30.4 Å². The molecule has 0 saturated heterocycles. The highest BCUT2D eigenvalue weighted by Crippen LogP contribution is 2.58. The Labute approximate surface area is 453 Å². The van der Waals surface area contributed by atoms with Gasteiger partial charge in [-0.1, -0.05) is 160 Å². The number of fused-ring (bicyclic) bond motifs is 14. The minimum Gasteiger partial charge on any atom is -0.454 e. The molecular weight excluding hydrogens is 942 g/mol. The van der Waals surface area contributed by atoms with E-state index in [-0.39, 0.29) is 33.8 Å². The van der Waals surface area contributed by atoms with Crippen LogP contribution in [0.2, 0.25) is 0 Å². The second-order valence-electron chi connectivity index (χ2n) is 26.3. The summed E-state index contributed by atoms with van der Waals surface area (Å²) in [6.45, 7) is 27.0. The maximum absolute atomic E-state index is 7.08. The smallest absolute Gasteiger partial charge is 0.264 e. The molecule has 15 rings (SSSR count). The van der Waals surface area contributed by atoms with Crippen molar-refractivity contribution in [2.75, 3.05) is 14.7 Å². The molecular formula is C70H66BN3OS. The first-order chi connectivity index (χ1) is 36.3. The van der Waals surface area contributed by atoms with Crippen molar-refractivity contribution in [3.05, 3.63) is 191 Å². The van der Waals surface area contributed by atoms with Crippen molar-refractivity contribution in [1.29, 1.82) is 0 Å². The Balaban J connectivity index is 1.10. The topological polar surface area (TPSA) is 22.9 Å². The van der Waals surface area contributed by atoms with Crippen LogP contribution >= 0.6 is 11.3 Å². The maximum Gasteiger partial charge on any atom is 0.264 e. The fraction of sp³-hybridized carbons (Fsp3) is 0.286. The molecule has 3 aliphatic heterocycles. The Morgan fingerprint density at radius 2 is 1.09 bits per heavy atom. The van der Waals surface area contributed by atoms with E-state index in [1.54, 1.807) is 5.56 Å². The molecule has 5 heterocycles. The molecule has 0 unspecified atom stereocenters. The number of anilines is 9. The van der Waals surface area contributed by atoms with E-state index < -0.39 is 0 Å². The fourth-order valence-corrected chi connectivity index (χ4v) is 16.6. The predicted octanol–water partition coefficient (Wildman–Crippen LogP) is 18.0. The van der Waals surface area contributed by atoms with Gasteiger partial charge in [0.25, 0.3) is 6.71 Å². The lowest BCUT2D eigenvalue weighted by molar-refractivity contribution is 0.332. The second-order valence-corrected chi connectivity index (χ2v) is 27.3. The Hall–Kier alpha value is -7.02. The summed E-state index contributed by atoms with van der Waals surface area (Å²) in [4.78, 5) is 7.85. The number of rotatable bonds is 3. The van der Waals surface area contributed by atoms with Crippen molar-refractivity contribution in [2.45, 2.75) is 129 Å². The summed E-state index contributed by atoms with van der Waals surface area (Å²) in [5, 5.41) is 3.63. The van der Waals surface area contributed by atoms with Gasteiger partial charge in [-0.05, 0) is 165 Å². The maximum atomic E-state index is 7.08. The fourth-order valence-electron chi connectivity index (χ4n) is 15.0. The molecule has 10 aromatic rings. The number of furan rings is 1. The van der Waals surface area contributed by atoms with Crippen molar-refractivity contribution in [2.24, 2.45) is 0 Å². The van der Waals surface area contributed by atoms with Gasteiger partial charge in [0.15, 0.2) is 5.58 Å². The molecule has 0 spiro atoms. The molecule has 0 radical (unpaired) electrons. The molecule has 5 aliphatic rings. The van der Waals surface area contributed by atoms with E-state index >= 15 is 0 Å². The van der Waals surface area contributed by atoms with Crippen molar-refractivity contribution < 1.29 is 4.42 Å². The Morgan fingerprint density at radius 3 is 1.88 bits per heavy atom. The van der Waals surface area contributed by atoms with E-state index in [1.807, 2.05) is 0 Å². The van der Waals surface area contributed by atoms with E-state index in [0.717, 1.165) is 46.2 Å². The zero-order valence-electron chi connectivity index (χ0n) is 46.0. The third-order valence-corrected chi connectivity index (χ3v) is 20.6. The van der Waals surface area contributed by atoms with Gasteiger partial charge >= 0.3 is 0 Å². The number of thiophene rings is 1. The molecule has 8 aromatic carbocycles. The Bertz CT molecular complexity index is 4150. The second kappa shape index (κ2) is 15.3. The molecule has 0 fully saturated rings. The number of aryl methyl sites for hydroxylation is 1. The standard InChI is InChI=1S/C70H66BN3OS/c1-41-36-57-61-58(37-41)74(54-26-19-23-45-44-22-15-18-27-59(44)75-63(45)54)56-40-55-51(70(10,11)48-24-16-17-25-53(48)72(55)42-20-13-12-14-21-42)39-52(56)71(61)65-62(46-29-31-49-60(64(46)76-65)69(8,9)35-34-67(49,4)5)73(57)43-28-30-47-50(38-43)68(6,7)33-32-66(47,2)3/h12-31,36-40H,32-35H2,1-11H3. The largest absolute Gasteiger partial charge is 0.454 e. The summed E-state index contributed by atoms with van der Waals surface area (Å²) in [7, 11) is 0. The average molecular weight is 1010 g/mol. The lowest BCUT2D eigenvalue weighted by Gasteiger charge is -2.47. The van der Waals surface area contributed by atoms with Gasteiger partial charge in [0, 0.05) is 59.5 Å². The zero-order chi connectivity index (χ0) is 52.2. The van der Waals surface area contributed by atoms with E-state index in [9.17, 15) is 0 Å². The summed E-state index contributed by atoms with van der Waals surface area (Å²) < 4.78 is 9.96. The number of nitrogens with zero attached hydrogens (tertiary/aromatic N) is 3. The van der Waals surface area contributed by atoms with Gasteiger partial charge in [-0.2, -0.15) is 0 Å². The molecule has 4 nitrogen and oxygen atoms in total. The third-order valence-electron chi connectivity index (χ3n) is 19.3. The molecule has 6 heteroatoms. The van der Waals surface area contributed by atoms with Crippen molar-refractivity contribution in [1.82, 2.24) is 0 Å². The van der Waals surface area contributed by atoms with Gasteiger partial charge in [0.05, 0.1) is 22.7 Å². The average Bonchev–Trinajstić information content (AvgIpc) is 4.08. The summed E-state index contributed by atoms with van der Waals surface area (Å²) in [6, 6.07) is 58.2. The van der Waals surface area contributed by atoms with Crippen molar-refractivity contribution >= 4 is 117 Å². The molecule has 376 valence electrons. The first-order valence-electron chi connectivity index (χ1n) is 27.9. The Kier molecular flexibility index (Phi) is 9.35. The Morgan fingerprint density at radius 1 is 0.447 bits per heavy atom. The molecule has 0 atom stereocenters. The van der Waals surface area contributed by atoms with Crippen LogP contribution in [0.5, 0.6) is 0 Å². The highest BCUT2D eigenvalue weighted by molar-refractivity contribution is 7.34. The lowest BCUT2D eigenvalue weighted by Crippen LogP contribution is -2.60. The van der Waals surface area contributed by atoms with Crippen LogP contribution in [0, 0.1) is 6.92 Å². The highest BCUT2D eigenvalue weighted by Gasteiger charge is 2.50. The van der Waals surface area contributed by atoms with Crippen LogP contribution in [0.15, 0.2) is 156 Å². The number of hydrogen-bond acceptors (Lipinski definition) is 5.